The zero-order chi connectivity index (χ0) is 20.0. The Hall–Kier alpha value is -3.52. The smallest absolute Gasteiger partial charge is 0.263 e. The van der Waals surface area contributed by atoms with Crippen LogP contribution in [0.4, 0.5) is 5.82 Å². The van der Waals surface area contributed by atoms with Crippen molar-refractivity contribution >= 4 is 17.0 Å². The number of nitrogen functional groups attached to an aromatic ring is 1. The van der Waals surface area contributed by atoms with Crippen LogP contribution >= 0.6 is 0 Å². The lowest BCUT2D eigenvalue weighted by Crippen LogP contribution is -2.27. The third-order valence-electron chi connectivity index (χ3n) is 5.29. The topological polar surface area (TPSA) is 106 Å². The largest absolute Gasteiger partial charge is 0.432 e. The summed E-state index contributed by atoms with van der Waals surface area (Å²) in [6.07, 6.45) is 7.68. The molecule has 4 heterocycles. The Morgan fingerprint density at radius 3 is 2.93 bits per heavy atom. The minimum Gasteiger partial charge on any atom is -0.432 e. The van der Waals surface area contributed by atoms with Gasteiger partial charge in [-0.1, -0.05) is 0 Å². The lowest BCUT2D eigenvalue weighted by molar-refractivity contribution is 0.312. The predicted molar refractivity (Wildman–Crippen MR) is 111 cm³/mol. The quantitative estimate of drug-likeness (QED) is 0.556. The zero-order valence-electron chi connectivity index (χ0n) is 16.3. The maximum absolute atomic E-state index is 6.04. The first kappa shape index (κ1) is 17.6. The van der Waals surface area contributed by atoms with Crippen LogP contribution in [-0.4, -0.2) is 43.4 Å². The molecule has 4 aromatic rings. The molecule has 1 aliphatic heterocycles. The molecule has 0 fully saturated rings. The summed E-state index contributed by atoms with van der Waals surface area (Å²) < 4.78 is 5.94. The number of H-pyrrole nitrogens is 1. The number of aromatic nitrogens is 5. The third kappa shape index (κ3) is 3.17. The number of rotatable bonds is 3. The van der Waals surface area contributed by atoms with Gasteiger partial charge >= 0.3 is 0 Å². The summed E-state index contributed by atoms with van der Waals surface area (Å²) >= 11 is 0. The molecule has 0 bridgehead atoms. The highest BCUT2D eigenvalue weighted by Gasteiger charge is 2.18. The van der Waals surface area contributed by atoms with Crippen LogP contribution in [0.25, 0.3) is 22.4 Å². The summed E-state index contributed by atoms with van der Waals surface area (Å²) in [6.45, 7) is 4.17. The van der Waals surface area contributed by atoms with Gasteiger partial charge in [-0.2, -0.15) is 0 Å². The Labute approximate surface area is 167 Å². The molecule has 0 aliphatic carbocycles. The molecule has 0 atom stereocenters. The summed E-state index contributed by atoms with van der Waals surface area (Å²) in [6, 6.07) is 4.35. The molecule has 0 unspecified atom stereocenters. The molecular formula is C21H21N7O. The van der Waals surface area contributed by atoms with Gasteiger partial charge in [0, 0.05) is 37.2 Å². The van der Waals surface area contributed by atoms with Crippen molar-refractivity contribution in [3.8, 4) is 22.9 Å². The average molecular weight is 387 g/mol. The third-order valence-corrected chi connectivity index (χ3v) is 5.29. The summed E-state index contributed by atoms with van der Waals surface area (Å²) in [5.74, 6) is 0.984. The first-order chi connectivity index (χ1) is 14.1. The Balaban J connectivity index is 1.53. The summed E-state index contributed by atoms with van der Waals surface area (Å²) in [4.78, 5) is 22.8. The van der Waals surface area contributed by atoms with Crippen LogP contribution in [0.2, 0.25) is 0 Å². The van der Waals surface area contributed by atoms with Crippen molar-refractivity contribution in [2.24, 2.45) is 0 Å². The fourth-order valence-corrected chi connectivity index (χ4v) is 3.81. The fraction of sp³-hybridized carbons (Fsp3) is 0.238. The monoisotopic (exact) mass is 387 g/mol. The van der Waals surface area contributed by atoms with Gasteiger partial charge in [0.2, 0.25) is 0 Å². The van der Waals surface area contributed by atoms with Crippen LogP contribution < -0.4 is 10.5 Å². The maximum atomic E-state index is 6.04. The van der Waals surface area contributed by atoms with Gasteiger partial charge in [-0.25, -0.2) is 19.9 Å². The van der Waals surface area contributed by atoms with Gasteiger partial charge in [0.05, 0.1) is 11.9 Å². The second-order valence-electron chi connectivity index (χ2n) is 7.37. The maximum Gasteiger partial charge on any atom is 0.263 e. The van der Waals surface area contributed by atoms with Crippen LogP contribution in [0.5, 0.6) is 11.6 Å². The van der Waals surface area contributed by atoms with E-state index in [2.05, 4.69) is 55.9 Å². The number of aryl methyl sites for hydroxylation is 1. The number of fused-ring (bicyclic) bond motifs is 2. The van der Waals surface area contributed by atoms with Gasteiger partial charge in [-0.05, 0) is 49.2 Å². The number of ether oxygens (including phenoxy) is 1. The number of nitrogens with zero attached hydrogens (tertiary/aromatic N) is 5. The van der Waals surface area contributed by atoms with Gasteiger partial charge in [-0.3, -0.25) is 0 Å². The number of aromatic amines is 1. The molecular weight excluding hydrogens is 366 g/mol. The summed E-state index contributed by atoms with van der Waals surface area (Å²) in [5.41, 5.74) is 13.1. The lowest BCUT2D eigenvalue weighted by Gasteiger charge is -2.27. The van der Waals surface area contributed by atoms with E-state index in [-0.39, 0.29) is 11.7 Å². The van der Waals surface area contributed by atoms with E-state index in [0.29, 0.717) is 16.9 Å². The Morgan fingerprint density at radius 2 is 2.03 bits per heavy atom. The van der Waals surface area contributed by atoms with Crippen LogP contribution in [-0.2, 0) is 13.0 Å². The van der Waals surface area contributed by atoms with Crippen molar-refractivity contribution < 1.29 is 4.74 Å². The molecule has 0 spiro atoms. The SMILES string of the molecule is Cc1cc(-c2cnc(N)c(Oc3c[nH]c4nccnc34)n2)cc2c1CCN(C)C2. The first-order valence-electron chi connectivity index (χ1n) is 9.48. The molecule has 8 nitrogen and oxygen atoms in total. The van der Waals surface area contributed by atoms with Crippen LogP contribution in [0.3, 0.4) is 0 Å². The van der Waals surface area contributed by atoms with Crippen LogP contribution in [0.15, 0.2) is 36.9 Å². The van der Waals surface area contributed by atoms with Gasteiger partial charge in [-0.15, -0.1) is 0 Å². The number of hydrogen-bond donors (Lipinski definition) is 2. The van der Waals surface area contributed by atoms with Crippen molar-refractivity contribution in [3.05, 3.63) is 53.6 Å². The Bertz CT molecular complexity index is 1220. The number of benzene rings is 1. The molecule has 1 aliphatic rings. The summed E-state index contributed by atoms with van der Waals surface area (Å²) in [7, 11) is 2.14. The number of anilines is 1. The zero-order valence-corrected chi connectivity index (χ0v) is 16.3. The van der Waals surface area contributed by atoms with E-state index in [1.807, 2.05) is 0 Å². The van der Waals surface area contributed by atoms with Crippen LogP contribution in [0.1, 0.15) is 16.7 Å². The molecule has 0 radical (unpaired) electrons. The van der Waals surface area contributed by atoms with E-state index in [9.17, 15) is 0 Å². The van der Waals surface area contributed by atoms with Gasteiger partial charge in [0.1, 0.15) is 5.52 Å². The van der Waals surface area contributed by atoms with E-state index >= 15 is 0 Å². The second kappa shape index (κ2) is 6.82. The minimum absolute atomic E-state index is 0.224. The minimum atomic E-state index is 0.224. The molecule has 0 amide bonds. The first-order valence-corrected chi connectivity index (χ1v) is 9.48. The molecule has 0 saturated heterocycles. The average Bonchev–Trinajstić information content (AvgIpc) is 3.12. The highest BCUT2D eigenvalue weighted by Crippen LogP contribution is 2.32. The number of nitrogens with one attached hydrogen (secondary N) is 1. The van der Waals surface area contributed by atoms with Crippen molar-refractivity contribution in [3.63, 3.8) is 0 Å². The van der Waals surface area contributed by atoms with Gasteiger partial charge in [0.15, 0.2) is 17.2 Å². The highest BCUT2D eigenvalue weighted by atomic mass is 16.5. The molecule has 5 rings (SSSR count). The van der Waals surface area contributed by atoms with Crippen LogP contribution in [0, 0.1) is 6.92 Å². The van der Waals surface area contributed by atoms with Crippen molar-refractivity contribution in [2.45, 2.75) is 19.9 Å². The van der Waals surface area contributed by atoms with Crippen molar-refractivity contribution in [2.75, 3.05) is 19.3 Å². The fourth-order valence-electron chi connectivity index (χ4n) is 3.81. The van der Waals surface area contributed by atoms with E-state index in [1.165, 1.54) is 16.7 Å². The van der Waals surface area contributed by atoms with E-state index in [0.717, 1.165) is 30.8 Å². The number of hydrogen-bond acceptors (Lipinski definition) is 7. The molecule has 146 valence electrons. The number of likely N-dealkylation sites (N-methyl/N-ethyl adjacent to an activating group) is 1. The Kier molecular flexibility index (Phi) is 4.13. The molecule has 8 heteroatoms. The summed E-state index contributed by atoms with van der Waals surface area (Å²) in [5, 5.41) is 0. The lowest BCUT2D eigenvalue weighted by atomic mass is 9.92. The predicted octanol–water partition coefficient (Wildman–Crippen LogP) is 3.09. The molecule has 3 aromatic heterocycles. The van der Waals surface area contributed by atoms with E-state index < -0.39 is 0 Å². The highest BCUT2D eigenvalue weighted by molar-refractivity contribution is 5.78. The van der Waals surface area contributed by atoms with Crippen molar-refractivity contribution in [1.29, 1.82) is 0 Å². The Morgan fingerprint density at radius 1 is 1.17 bits per heavy atom. The van der Waals surface area contributed by atoms with Crippen molar-refractivity contribution in [1.82, 2.24) is 29.8 Å². The molecule has 3 N–H and O–H groups in total. The molecule has 29 heavy (non-hydrogen) atoms. The van der Waals surface area contributed by atoms with E-state index in [1.54, 1.807) is 24.8 Å². The van der Waals surface area contributed by atoms with Gasteiger partial charge < -0.3 is 20.4 Å². The number of nitrogens with two attached hydrogens (primary N) is 1. The molecule has 1 aromatic carbocycles. The normalized spacial score (nSPS) is 14.1. The molecule has 0 saturated carbocycles. The second-order valence-corrected chi connectivity index (χ2v) is 7.37. The van der Waals surface area contributed by atoms with E-state index in [4.69, 9.17) is 10.5 Å². The van der Waals surface area contributed by atoms with Gasteiger partial charge in [0.25, 0.3) is 5.88 Å². The standard InChI is InChI=1S/C21H21N7O/c1-12-7-13(8-14-11-28(2)6-3-15(12)14)16-9-25-19(22)21(27-16)29-17-10-26-20-18(17)23-4-5-24-20/h4-5,7-10H,3,6,11H2,1-2H3,(H2,22,25)(H,24,26).